The summed E-state index contributed by atoms with van der Waals surface area (Å²) in [5.74, 6) is -0.811. The first-order valence-corrected chi connectivity index (χ1v) is 8.35. The summed E-state index contributed by atoms with van der Waals surface area (Å²) < 4.78 is 5.15. The van der Waals surface area contributed by atoms with Gasteiger partial charge in [0.05, 0.1) is 23.5 Å². The van der Waals surface area contributed by atoms with Crippen molar-refractivity contribution in [3.05, 3.63) is 57.8 Å². The molecule has 5 heteroatoms. The van der Waals surface area contributed by atoms with Gasteiger partial charge in [-0.2, -0.15) is 0 Å². The zero-order chi connectivity index (χ0) is 16.8. The molecule has 0 aliphatic rings. The van der Waals surface area contributed by atoms with Crippen LogP contribution in [0.15, 0.2) is 42.5 Å². The summed E-state index contributed by atoms with van der Waals surface area (Å²) in [5, 5.41) is 9.17. The van der Waals surface area contributed by atoms with Crippen LogP contribution in [-0.4, -0.2) is 29.6 Å². The van der Waals surface area contributed by atoms with Gasteiger partial charge in [0.25, 0.3) is 0 Å². The van der Waals surface area contributed by atoms with Crippen LogP contribution >= 0.6 is 11.3 Å². The molecule has 0 fully saturated rings. The van der Waals surface area contributed by atoms with Gasteiger partial charge in [-0.25, -0.2) is 0 Å². The molecule has 0 saturated heterocycles. The van der Waals surface area contributed by atoms with Crippen LogP contribution in [0.2, 0.25) is 0 Å². The number of carbonyl (C=O) groups excluding carboxylic acids is 2. The van der Waals surface area contributed by atoms with Gasteiger partial charge < -0.3 is 9.84 Å². The minimum atomic E-state index is -0.491. The molecule has 0 bridgehead atoms. The molecule has 1 heterocycles. The van der Waals surface area contributed by atoms with E-state index >= 15 is 0 Å². The fourth-order valence-electron chi connectivity index (χ4n) is 2.01. The normalized spacial score (nSPS) is 13.3. The van der Waals surface area contributed by atoms with Crippen LogP contribution in [0.25, 0.3) is 0 Å². The monoisotopic (exact) mass is 332 g/mol. The molecule has 122 valence electrons. The van der Waals surface area contributed by atoms with E-state index in [4.69, 9.17) is 9.84 Å². The van der Waals surface area contributed by atoms with Gasteiger partial charge in [0, 0.05) is 16.9 Å². The Hall–Kier alpha value is -1.98. The fourth-order valence-corrected chi connectivity index (χ4v) is 3.02. The van der Waals surface area contributed by atoms with Gasteiger partial charge in [-0.3, -0.25) is 9.59 Å². The Balaban J connectivity index is 2.01. The van der Waals surface area contributed by atoms with E-state index in [1.54, 1.807) is 38.1 Å². The second-order valence-corrected chi connectivity index (χ2v) is 6.54. The lowest BCUT2D eigenvalue weighted by atomic mass is 10.1. The Kier molecular flexibility index (Phi) is 6.07. The standard InChI is InChI=1S/C18H20O4S/c1-12(19)10-11-22-18(21)13(2)15-8-9-16(23-15)17(20)14-6-4-3-5-7-14/h3-9,12-13,19H,10-11H2,1-2H3. The molecule has 23 heavy (non-hydrogen) atoms. The molecule has 4 nitrogen and oxygen atoms in total. The number of ketones is 1. The average molecular weight is 332 g/mol. The van der Waals surface area contributed by atoms with Crippen LogP contribution in [0.5, 0.6) is 0 Å². The summed E-state index contributed by atoms with van der Waals surface area (Å²) in [6, 6.07) is 12.6. The van der Waals surface area contributed by atoms with Gasteiger partial charge in [0.2, 0.25) is 5.78 Å². The predicted molar refractivity (Wildman–Crippen MR) is 89.9 cm³/mol. The number of thiophene rings is 1. The van der Waals surface area contributed by atoms with Crippen LogP contribution in [0, 0.1) is 0 Å². The van der Waals surface area contributed by atoms with E-state index in [2.05, 4.69) is 0 Å². The van der Waals surface area contributed by atoms with Gasteiger partial charge in [-0.05, 0) is 26.0 Å². The molecule has 2 aromatic rings. The Morgan fingerprint density at radius 1 is 1.13 bits per heavy atom. The van der Waals surface area contributed by atoms with Crippen LogP contribution in [0.3, 0.4) is 0 Å². The molecule has 0 amide bonds. The number of hydrogen-bond acceptors (Lipinski definition) is 5. The Bertz CT molecular complexity index is 661. The number of aliphatic hydroxyl groups excluding tert-OH is 1. The second kappa shape index (κ2) is 8.04. The highest BCUT2D eigenvalue weighted by molar-refractivity contribution is 7.14. The van der Waals surface area contributed by atoms with Gasteiger partial charge in [-0.15, -0.1) is 11.3 Å². The highest BCUT2D eigenvalue weighted by Gasteiger charge is 2.21. The Labute approximate surface area is 139 Å². The fraction of sp³-hybridized carbons (Fsp3) is 0.333. The Morgan fingerprint density at radius 2 is 1.83 bits per heavy atom. The van der Waals surface area contributed by atoms with Crippen LogP contribution < -0.4 is 0 Å². The number of hydrogen-bond donors (Lipinski definition) is 1. The largest absolute Gasteiger partial charge is 0.465 e. The van der Waals surface area contributed by atoms with E-state index in [9.17, 15) is 9.59 Å². The van der Waals surface area contributed by atoms with Crippen LogP contribution in [0.1, 0.15) is 46.3 Å². The van der Waals surface area contributed by atoms with Gasteiger partial charge >= 0.3 is 5.97 Å². The molecule has 1 N–H and O–H groups in total. The summed E-state index contributed by atoms with van der Waals surface area (Å²) in [7, 11) is 0. The van der Waals surface area contributed by atoms with E-state index in [0.29, 0.717) is 16.9 Å². The smallest absolute Gasteiger partial charge is 0.313 e. The zero-order valence-electron chi connectivity index (χ0n) is 13.2. The quantitative estimate of drug-likeness (QED) is 0.623. The van der Waals surface area contributed by atoms with Crippen LogP contribution in [0.4, 0.5) is 0 Å². The molecule has 2 unspecified atom stereocenters. The molecule has 2 atom stereocenters. The third-order valence-electron chi connectivity index (χ3n) is 3.45. The third kappa shape index (κ3) is 4.74. The molecule has 0 aliphatic heterocycles. The first kappa shape index (κ1) is 17.4. The number of carbonyl (C=O) groups is 2. The van der Waals surface area contributed by atoms with E-state index < -0.39 is 12.0 Å². The van der Waals surface area contributed by atoms with Crippen molar-refractivity contribution in [1.82, 2.24) is 0 Å². The molecule has 1 aromatic heterocycles. The van der Waals surface area contributed by atoms with Crippen molar-refractivity contribution in [2.75, 3.05) is 6.61 Å². The van der Waals surface area contributed by atoms with Gasteiger partial charge in [-0.1, -0.05) is 30.3 Å². The highest BCUT2D eigenvalue weighted by atomic mass is 32.1. The van der Waals surface area contributed by atoms with E-state index in [0.717, 1.165) is 4.88 Å². The van der Waals surface area contributed by atoms with Crippen molar-refractivity contribution in [3.8, 4) is 0 Å². The number of esters is 1. The van der Waals surface area contributed by atoms with Crippen molar-refractivity contribution in [2.45, 2.75) is 32.3 Å². The number of rotatable bonds is 7. The van der Waals surface area contributed by atoms with Crippen molar-refractivity contribution in [3.63, 3.8) is 0 Å². The minimum absolute atomic E-state index is 0.0449. The third-order valence-corrected chi connectivity index (χ3v) is 4.71. The van der Waals surface area contributed by atoms with Crippen molar-refractivity contribution >= 4 is 23.1 Å². The minimum Gasteiger partial charge on any atom is -0.465 e. The van der Waals surface area contributed by atoms with Crippen molar-refractivity contribution < 1.29 is 19.4 Å². The maximum absolute atomic E-state index is 12.4. The van der Waals surface area contributed by atoms with E-state index in [-0.39, 0.29) is 18.4 Å². The predicted octanol–water partition coefficient (Wildman–Crippen LogP) is 3.40. The number of aliphatic hydroxyl groups is 1. The SMILES string of the molecule is CC(O)CCOC(=O)C(C)c1ccc(C(=O)c2ccccc2)s1. The van der Waals surface area contributed by atoms with E-state index in [1.165, 1.54) is 11.3 Å². The molecule has 2 rings (SSSR count). The maximum atomic E-state index is 12.4. The molecular weight excluding hydrogens is 312 g/mol. The number of ether oxygens (including phenoxy) is 1. The van der Waals surface area contributed by atoms with E-state index in [1.807, 2.05) is 18.2 Å². The van der Waals surface area contributed by atoms with Crippen molar-refractivity contribution in [1.29, 1.82) is 0 Å². The summed E-state index contributed by atoms with van der Waals surface area (Å²) in [6.07, 6.45) is -0.0735. The summed E-state index contributed by atoms with van der Waals surface area (Å²) >= 11 is 1.31. The lowest BCUT2D eigenvalue weighted by molar-refractivity contribution is -0.145. The first-order valence-electron chi connectivity index (χ1n) is 7.53. The summed E-state index contributed by atoms with van der Waals surface area (Å²) in [4.78, 5) is 25.8. The molecule has 1 aromatic carbocycles. The molecule has 0 spiro atoms. The average Bonchev–Trinajstić information content (AvgIpc) is 3.03. The molecule has 0 radical (unpaired) electrons. The van der Waals surface area contributed by atoms with Gasteiger partial charge in [0.1, 0.15) is 0 Å². The molecule has 0 aliphatic carbocycles. The van der Waals surface area contributed by atoms with Crippen LogP contribution in [-0.2, 0) is 9.53 Å². The van der Waals surface area contributed by atoms with Gasteiger partial charge in [0.15, 0.2) is 0 Å². The topological polar surface area (TPSA) is 63.6 Å². The first-order chi connectivity index (χ1) is 11.0. The highest BCUT2D eigenvalue weighted by Crippen LogP contribution is 2.27. The Morgan fingerprint density at radius 3 is 2.48 bits per heavy atom. The number of benzene rings is 1. The second-order valence-electron chi connectivity index (χ2n) is 5.42. The maximum Gasteiger partial charge on any atom is 0.313 e. The molecular formula is C18H20O4S. The lowest BCUT2D eigenvalue weighted by Crippen LogP contribution is -2.15. The summed E-state index contributed by atoms with van der Waals surface area (Å²) in [6.45, 7) is 3.60. The molecule has 0 saturated carbocycles. The zero-order valence-corrected chi connectivity index (χ0v) is 14.0. The van der Waals surface area contributed by atoms with Crippen molar-refractivity contribution in [2.24, 2.45) is 0 Å². The summed E-state index contributed by atoms with van der Waals surface area (Å²) in [5.41, 5.74) is 0.632. The lowest BCUT2D eigenvalue weighted by Gasteiger charge is -2.10.